The first-order valence-corrected chi connectivity index (χ1v) is 9.82. The van der Waals surface area contributed by atoms with E-state index in [4.69, 9.17) is 4.74 Å². The maximum absolute atomic E-state index is 13.1. The Bertz CT molecular complexity index is 1170. The van der Waals surface area contributed by atoms with Crippen molar-refractivity contribution in [2.24, 2.45) is 5.10 Å². The van der Waals surface area contributed by atoms with Crippen LogP contribution in [-0.2, 0) is 10.3 Å². The van der Waals surface area contributed by atoms with E-state index in [1.54, 1.807) is 38.3 Å². The van der Waals surface area contributed by atoms with E-state index in [1.807, 2.05) is 48.9 Å². The van der Waals surface area contributed by atoms with Crippen molar-refractivity contribution in [1.82, 2.24) is 20.1 Å². The van der Waals surface area contributed by atoms with E-state index in [2.05, 4.69) is 15.5 Å². The molecule has 1 aromatic heterocycles. The zero-order chi connectivity index (χ0) is 22.2. The molecule has 158 valence electrons. The molecule has 1 atom stereocenters. The van der Waals surface area contributed by atoms with Gasteiger partial charge in [-0.1, -0.05) is 30.3 Å². The number of carbonyl (C=O) groups is 2. The van der Waals surface area contributed by atoms with Gasteiger partial charge in [0.15, 0.2) is 0 Å². The topological polar surface area (TPSA) is 88.8 Å². The number of aryl methyl sites for hydroxylation is 1. The molecule has 3 amide bonds. The molecule has 31 heavy (non-hydrogen) atoms. The summed E-state index contributed by atoms with van der Waals surface area (Å²) >= 11 is 0. The number of imide groups is 1. The van der Waals surface area contributed by atoms with Crippen LogP contribution in [0, 0.1) is 13.8 Å². The number of ether oxygens (including phenoxy) is 1. The molecule has 1 saturated heterocycles. The minimum atomic E-state index is -1.21. The van der Waals surface area contributed by atoms with Crippen LogP contribution in [0.5, 0.6) is 5.75 Å². The fraction of sp³-hybridized carbons (Fsp3) is 0.217. The van der Waals surface area contributed by atoms with Crippen LogP contribution in [0.3, 0.4) is 0 Å². The second-order valence-corrected chi connectivity index (χ2v) is 7.48. The molecule has 1 fully saturated rings. The summed E-state index contributed by atoms with van der Waals surface area (Å²) in [5.74, 6) is 0.213. The number of hydrazone groups is 1. The van der Waals surface area contributed by atoms with Crippen molar-refractivity contribution >= 4 is 18.2 Å². The van der Waals surface area contributed by atoms with Crippen LogP contribution in [0.1, 0.15) is 29.4 Å². The first-order valence-electron chi connectivity index (χ1n) is 9.82. The normalized spacial score (nSPS) is 18.6. The van der Waals surface area contributed by atoms with Gasteiger partial charge >= 0.3 is 6.03 Å². The average molecular weight is 417 g/mol. The van der Waals surface area contributed by atoms with Gasteiger partial charge in [-0.2, -0.15) is 10.2 Å². The van der Waals surface area contributed by atoms with Gasteiger partial charge in [0, 0.05) is 5.56 Å². The Labute approximate surface area is 180 Å². The highest BCUT2D eigenvalue weighted by Crippen LogP contribution is 2.30. The number of nitrogens with zero attached hydrogens (tertiary/aromatic N) is 4. The summed E-state index contributed by atoms with van der Waals surface area (Å²) in [6.07, 6.45) is 1.51. The standard InChI is InChI=1S/C23H23N5O3/c1-15-20(16(2)27(26-15)18-8-6-5-7-9-18)14-24-28-21(29)23(3,25-22(28)30)17-10-12-19(31-4)13-11-17/h5-14H,1-4H3,(H,25,30)/b24-14+. The fourth-order valence-electron chi connectivity index (χ4n) is 3.63. The third-order valence-electron chi connectivity index (χ3n) is 5.49. The molecule has 2 aromatic carbocycles. The Kier molecular flexibility index (Phi) is 5.06. The third-order valence-corrected chi connectivity index (χ3v) is 5.49. The predicted octanol–water partition coefficient (Wildman–Crippen LogP) is 3.30. The Morgan fingerprint density at radius 2 is 1.74 bits per heavy atom. The van der Waals surface area contributed by atoms with Crippen LogP contribution >= 0.6 is 0 Å². The highest BCUT2D eigenvalue weighted by molar-refractivity contribution is 6.07. The van der Waals surface area contributed by atoms with Gasteiger partial charge < -0.3 is 10.1 Å². The summed E-state index contributed by atoms with van der Waals surface area (Å²) in [6, 6.07) is 16.1. The number of carbonyl (C=O) groups excluding carboxylic acids is 2. The molecular weight excluding hydrogens is 394 g/mol. The summed E-state index contributed by atoms with van der Waals surface area (Å²) in [7, 11) is 1.57. The predicted molar refractivity (Wildman–Crippen MR) is 116 cm³/mol. The van der Waals surface area contributed by atoms with Gasteiger partial charge in [0.2, 0.25) is 0 Å². The van der Waals surface area contributed by atoms with E-state index in [9.17, 15) is 9.59 Å². The highest BCUT2D eigenvalue weighted by atomic mass is 16.5. The Balaban J connectivity index is 1.62. The van der Waals surface area contributed by atoms with Gasteiger partial charge in [-0.05, 0) is 50.6 Å². The van der Waals surface area contributed by atoms with Gasteiger partial charge in [-0.15, -0.1) is 5.01 Å². The van der Waals surface area contributed by atoms with E-state index in [-0.39, 0.29) is 0 Å². The smallest absolute Gasteiger partial charge is 0.346 e. The summed E-state index contributed by atoms with van der Waals surface area (Å²) in [6.45, 7) is 5.44. The van der Waals surface area contributed by atoms with Crippen LogP contribution in [0.2, 0.25) is 0 Å². The quantitative estimate of drug-likeness (QED) is 0.510. The van der Waals surface area contributed by atoms with Crippen LogP contribution in [0.4, 0.5) is 4.79 Å². The lowest BCUT2D eigenvalue weighted by atomic mass is 9.92. The van der Waals surface area contributed by atoms with E-state index < -0.39 is 17.5 Å². The third kappa shape index (κ3) is 3.46. The van der Waals surface area contributed by atoms with Crippen molar-refractivity contribution in [2.45, 2.75) is 26.3 Å². The summed E-state index contributed by atoms with van der Waals surface area (Å²) in [4.78, 5) is 25.6. The molecule has 0 saturated carbocycles. The first-order chi connectivity index (χ1) is 14.8. The van der Waals surface area contributed by atoms with Crippen LogP contribution in [0.25, 0.3) is 5.69 Å². The number of aromatic nitrogens is 2. The molecular formula is C23H23N5O3. The maximum atomic E-state index is 13.1. The van der Waals surface area contributed by atoms with Crippen molar-refractivity contribution in [3.05, 3.63) is 77.1 Å². The second-order valence-electron chi connectivity index (χ2n) is 7.48. The van der Waals surface area contributed by atoms with Crippen molar-refractivity contribution in [2.75, 3.05) is 7.11 Å². The molecule has 1 unspecified atom stereocenters. The fourth-order valence-corrected chi connectivity index (χ4v) is 3.63. The zero-order valence-electron chi connectivity index (χ0n) is 17.8. The molecule has 8 heteroatoms. The van der Waals surface area contributed by atoms with Gasteiger partial charge in [0.05, 0.1) is 30.4 Å². The first kappa shape index (κ1) is 20.3. The van der Waals surface area contributed by atoms with Crippen LogP contribution < -0.4 is 10.1 Å². The minimum absolute atomic E-state index is 0.454. The number of benzene rings is 2. The molecule has 4 rings (SSSR count). The number of para-hydroxylation sites is 1. The Morgan fingerprint density at radius 1 is 1.06 bits per heavy atom. The molecule has 1 N–H and O–H groups in total. The van der Waals surface area contributed by atoms with Crippen molar-refractivity contribution in [3.8, 4) is 11.4 Å². The molecule has 2 heterocycles. The lowest BCUT2D eigenvalue weighted by molar-refractivity contribution is -0.131. The SMILES string of the molecule is COc1ccc(C2(C)NC(=O)N(/N=C/c3c(C)nn(-c4ccccc4)c3C)C2=O)cc1. The highest BCUT2D eigenvalue weighted by Gasteiger charge is 2.49. The maximum Gasteiger partial charge on any atom is 0.346 e. The molecule has 0 bridgehead atoms. The van der Waals surface area contributed by atoms with E-state index in [0.29, 0.717) is 11.3 Å². The monoisotopic (exact) mass is 417 g/mol. The number of methoxy groups -OCH3 is 1. The van der Waals surface area contributed by atoms with Crippen molar-refractivity contribution in [3.63, 3.8) is 0 Å². The Hall–Kier alpha value is -3.94. The Morgan fingerprint density at radius 3 is 2.39 bits per heavy atom. The minimum Gasteiger partial charge on any atom is -0.497 e. The van der Waals surface area contributed by atoms with Crippen molar-refractivity contribution in [1.29, 1.82) is 0 Å². The average Bonchev–Trinajstić information content (AvgIpc) is 3.19. The van der Waals surface area contributed by atoms with Gasteiger partial charge in [-0.3, -0.25) is 4.79 Å². The molecule has 0 aliphatic carbocycles. The lowest BCUT2D eigenvalue weighted by Gasteiger charge is -2.21. The molecule has 8 nitrogen and oxygen atoms in total. The number of nitrogens with one attached hydrogen (secondary N) is 1. The largest absolute Gasteiger partial charge is 0.497 e. The number of amides is 3. The lowest BCUT2D eigenvalue weighted by Crippen LogP contribution is -2.40. The van der Waals surface area contributed by atoms with E-state index in [0.717, 1.165) is 27.6 Å². The number of hydrogen-bond donors (Lipinski definition) is 1. The molecule has 1 aliphatic heterocycles. The summed E-state index contributed by atoms with van der Waals surface area (Å²) < 4.78 is 6.97. The van der Waals surface area contributed by atoms with Gasteiger partial charge in [0.1, 0.15) is 11.3 Å². The summed E-state index contributed by atoms with van der Waals surface area (Å²) in [5, 5.41) is 12.4. The number of urea groups is 1. The van der Waals surface area contributed by atoms with Crippen molar-refractivity contribution < 1.29 is 14.3 Å². The number of hydrogen-bond acceptors (Lipinski definition) is 5. The number of rotatable bonds is 5. The second kappa shape index (κ2) is 7.71. The summed E-state index contributed by atoms with van der Waals surface area (Å²) in [5.41, 5.74) is 2.72. The van der Waals surface area contributed by atoms with E-state index in [1.165, 1.54) is 6.21 Å². The van der Waals surface area contributed by atoms with E-state index >= 15 is 0 Å². The molecule has 0 spiro atoms. The van der Waals surface area contributed by atoms with Crippen LogP contribution in [0.15, 0.2) is 59.7 Å². The molecule has 0 radical (unpaired) electrons. The van der Waals surface area contributed by atoms with Crippen LogP contribution in [-0.4, -0.2) is 40.1 Å². The van der Waals surface area contributed by atoms with Gasteiger partial charge in [0.25, 0.3) is 5.91 Å². The molecule has 1 aliphatic rings. The van der Waals surface area contributed by atoms with Gasteiger partial charge in [-0.25, -0.2) is 9.48 Å². The zero-order valence-corrected chi connectivity index (χ0v) is 17.8. The molecule has 3 aromatic rings.